The molecule has 3 heterocycles. The average Bonchev–Trinajstić information content (AvgIpc) is 3.30. The second kappa shape index (κ2) is 11.0. The van der Waals surface area contributed by atoms with E-state index in [1.807, 2.05) is 37.5 Å². The molecule has 2 aliphatic heterocycles. The molecule has 1 saturated heterocycles. The van der Waals surface area contributed by atoms with E-state index in [0.29, 0.717) is 31.4 Å². The summed E-state index contributed by atoms with van der Waals surface area (Å²) in [5.74, 6) is 0.928. The van der Waals surface area contributed by atoms with Gasteiger partial charge in [-0.05, 0) is 70.1 Å². The zero-order chi connectivity index (χ0) is 28.8. The van der Waals surface area contributed by atoms with E-state index in [-0.39, 0.29) is 53.4 Å². The van der Waals surface area contributed by atoms with E-state index in [2.05, 4.69) is 12.2 Å². The normalized spacial score (nSPS) is 27.4. The first-order valence-corrected chi connectivity index (χ1v) is 15.0. The van der Waals surface area contributed by atoms with Crippen LogP contribution in [0.4, 0.5) is 0 Å². The number of rotatable bonds is 5. The molecule has 0 unspecified atom stereocenters. The van der Waals surface area contributed by atoms with Gasteiger partial charge < -0.3 is 19.5 Å². The highest BCUT2D eigenvalue weighted by Gasteiger charge is 2.66. The maximum atomic E-state index is 14.0. The van der Waals surface area contributed by atoms with E-state index in [4.69, 9.17) is 4.74 Å². The van der Waals surface area contributed by atoms with Crippen molar-refractivity contribution in [1.82, 2.24) is 14.8 Å². The molecule has 8 heteroatoms. The fourth-order valence-electron chi connectivity index (χ4n) is 6.99. The average molecular weight is 550 g/mol. The first kappa shape index (κ1) is 28.4. The lowest BCUT2D eigenvalue weighted by molar-refractivity contribution is -0.139. The van der Waals surface area contributed by atoms with E-state index < -0.39 is 6.04 Å². The molecule has 8 nitrogen and oxygen atoms in total. The Kier molecular flexibility index (Phi) is 7.81. The van der Waals surface area contributed by atoms with Crippen molar-refractivity contribution in [3.63, 3.8) is 0 Å². The number of hydrogen-bond acceptors (Lipinski definition) is 5. The lowest BCUT2D eigenvalue weighted by Crippen LogP contribution is -2.44. The summed E-state index contributed by atoms with van der Waals surface area (Å²) in [6.45, 7) is 10.0. The standard InChI is InChI=1S/C32H43N3O5/c1-6-27(37)26-14-32-15-28(32)35(26)30(39)17-34-16-25(21(5)36)24-13-23(40-19(2)3)12-22(31(24)34)10-8-7-9-20(4)11-29(38)33-18-32/h12-13,16,19-20,26,28H,6-11,14-15,17-18H2,1-5H3,(H,33,38)/t20-,26+,28-,32+/m1/s1. The molecule has 0 spiro atoms. The smallest absolute Gasteiger partial charge is 0.243 e. The molecule has 40 heavy (non-hydrogen) atoms. The van der Waals surface area contributed by atoms with E-state index in [0.717, 1.165) is 54.3 Å². The number of hydrogen-bond donors (Lipinski definition) is 1. The minimum Gasteiger partial charge on any atom is -0.491 e. The van der Waals surface area contributed by atoms with Crippen LogP contribution in [0.1, 0.15) is 95.5 Å². The number of Topliss-reactive ketones (excluding diaryl/α,β-unsaturated/α-hetero) is 2. The highest BCUT2D eigenvalue weighted by Crippen LogP contribution is 2.59. The van der Waals surface area contributed by atoms with Gasteiger partial charge in [-0.1, -0.05) is 26.7 Å². The number of aryl methyl sites for hydroxylation is 1. The molecule has 2 bridgehead atoms. The van der Waals surface area contributed by atoms with Gasteiger partial charge in [0.1, 0.15) is 12.3 Å². The van der Waals surface area contributed by atoms with Crippen molar-refractivity contribution in [1.29, 1.82) is 0 Å². The number of amides is 2. The van der Waals surface area contributed by atoms with E-state index in [9.17, 15) is 19.2 Å². The van der Waals surface area contributed by atoms with Crippen LogP contribution in [-0.4, -0.2) is 57.6 Å². The Morgan fingerprint density at radius 2 is 1.95 bits per heavy atom. The largest absolute Gasteiger partial charge is 0.491 e. The third-order valence-corrected chi connectivity index (χ3v) is 9.07. The summed E-state index contributed by atoms with van der Waals surface area (Å²) < 4.78 is 7.99. The lowest BCUT2D eigenvalue weighted by atomic mass is 9.95. The summed E-state index contributed by atoms with van der Waals surface area (Å²) in [5.41, 5.74) is 2.29. The Hall–Kier alpha value is -3.16. The number of aromatic nitrogens is 1. The van der Waals surface area contributed by atoms with Crippen LogP contribution >= 0.6 is 0 Å². The Balaban J connectivity index is 1.58. The van der Waals surface area contributed by atoms with Gasteiger partial charge in [0.2, 0.25) is 11.8 Å². The highest BCUT2D eigenvalue weighted by atomic mass is 16.5. The molecule has 2 amide bonds. The van der Waals surface area contributed by atoms with Crippen molar-refractivity contribution in [2.24, 2.45) is 11.3 Å². The summed E-state index contributed by atoms with van der Waals surface area (Å²) in [7, 11) is 0. The molecular weight excluding hydrogens is 506 g/mol. The number of nitrogens with zero attached hydrogens (tertiary/aromatic N) is 2. The van der Waals surface area contributed by atoms with Crippen LogP contribution in [-0.2, 0) is 27.3 Å². The summed E-state index contributed by atoms with van der Waals surface area (Å²) in [6, 6.07) is 3.45. The molecule has 1 aromatic heterocycles. The Morgan fingerprint density at radius 3 is 2.65 bits per heavy atom. The van der Waals surface area contributed by atoms with E-state index in [1.54, 1.807) is 18.0 Å². The van der Waals surface area contributed by atoms with Gasteiger partial charge in [-0.25, -0.2) is 0 Å². The number of carbonyl (C=O) groups is 4. The molecule has 1 aliphatic carbocycles. The zero-order valence-corrected chi connectivity index (χ0v) is 24.5. The Labute approximate surface area is 236 Å². The van der Waals surface area contributed by atoms with Gasteiger partial charge >= 0.3 is 0 Å². The van der Waals surface area contributed by atoms with Gasteiger partial charge in [-0.3, -0.25) is 19.2 Å². The third kappa shape index (κ3) is 5.41. The van der Waals surface area contributed by atoms with Crippen molar-refractivity contribution in [3.05, 3.63) is 29.5 Å². The first-order valence-electron chi connectivity index (χ1n) is 15.0. The SMILES string of the molecule is CCC(=O)[C@@H]1C[C@]23CNC(=O)C[C@H](C)CCCCc4cc(OC(C)C)cc5c(C(C)=O)cn(c45)CC(=O)N1[C@@H]2C3. The lowest BCUT2D eigenvalue weighted by Gasteiger charge is -2.27. The van der Waals surface area contributed by atoms with E-state index >= 15 is 0 Å². The molecule has 1 aromatic carbocycles. The molecule has 0 radical (unpaired) electrons. The van der Waals surface area contributed by atoms with Crippen LogP contribution in [0.3, 0.4) is 0 Å². The maximum Gasteiger partial charge on any atom is 0.243 e. The topological polar surface area (TPSA) is 97.7 Å². The molecule has 1 saturated carbocycles. The second-order valence-electron chi connectivity index (χ2n) is 12.6. The van der Waals surface area contributed by atoms with Crippen molar-refractivity contribution in [2.75, 3.05) is 6.54 Å². The van der Waals surface area contributed by atoms with Crippen molar-refractivity contribution in [3.8, 4) is 5.75 Å². The fraction of sp³-hybridized carbons (Fsp3) is 0.625. The van der Waals surface area contributed by atoms with Crippen LogP contribution in [0.15, 0.2) is 18.3 Å². The van der Waals surface area contributed by atoms with Crippen LogP contribution in [0.25, 0.3) is 10.9 Å². The van der Waals surface area contributed by atoms with Gasteiger partial charge in [-0.2, -0.15) is 0 Å². The zero-order valence-electron chi connectivity index (χ0n) is 24.5. The van der Waals surface area contributed by atoms with Gasteiger partial charge in [0.05, 0.1) is 17.7 Å². The summed E-state index contributed by atoms with van der Waals surface area (Å²) in [5, 5.41) is 3.94. The molecule has 2 aromatic rings. The molecule has 4 atom stereocenters. The first-order chi connectivity index (χ1) is 19.0. The minimum absolute atomic E-state index is 0.0155. The predicted molar refractivity (Wildman–Crippen MR) is 153 cm³/mol. The maximum absolute atomic E-state index is 14.0. The van der Waals surface area contributed by atoms with Gasteiger partial charge in [-0.15, -0.1) is 0 Å². The van der Waals surface area contributed by atoms with Gasteiger partial charge in [0, 0.05) is 48.0 Å². The predicted octanol–water partition coefficient (Wildman–Crippen LogP) is 4.84. The van der Waals surface area contributed by atoms with Gasteiger partial charge in [0.15, 0.2) is 11.6 Å². The highest BCUT2D eigenvalue weighted by molar-refractivity contribution is 6.08. The number of piperidine rings is 1. The van der Waals surface area contributed by atoms with Crippen molar-refractivity contribution in [2.45, 2.75) is 111 Å². The molecule has 1 N–H and O–H groups in total. The van der Waals surface area contributed by atoms with Crippen LogP contribution in [0.2, 0.25) is 0 Å². The molecular formula is C32H43N3O5. The molecule has 2 fully saturated rings. The summed E-state index contributed by atoms with van der Waals surface area (Å²) in [6.07, 6.45) is 7.65. The quantitative estimate of drug-likeness (QED) is 0.539. The molecule has 216 valence electrons. The number of nitrogens with one attached hydrogen (secondary N) is 1. The molecule has 3 aliphatic rings. The van der Waals surface area contributed by atoms with Crippen LogP contribution in [0, 0.1) is 11.3 Å². The minimum atomic E-state index is -0.467. The second-order valence-corrected chi connectivity index (χ2v) is 12.6. The van der Waals surface area contributed by atoms with Crippen LogP contribution in [0.5, 0.6) is 5.75 Å². The monoisotopic (exact) mass is 549 g/mol. The van der Waals surface area contributed by atoms with Crippen molar-refractivity contribution >= 4 is 34.3 Å². The van der Waals surface area contributed by atoms with E-state index in [1.165, 1.54) is 0 Å². The summed E-state index contributed by atoms with van der Waals surface area (Å²) >= 11 is 0. The van der Waals surface area contributed by atoms with Crippen LogP contribution < -0.4 is 10.1 Å². The third-order valence-electron chi connectivity index (χ3n) is 9.07. The number of ketones is 2. The Morgan fingerprint density at radius 1 is 1.18 bits per heavy atom. The molecule has 5 rings (SSSR count). The number of ether oxygens (including phenoxy) is 1. The van der Waals surface area contributed by atoms with Gasteiger partial charge in [0.25, 0.3) is 0 Å². The summed E-state index contributed by atoms with van der Waals surface area (Å²) in [4.78, 5) is 54.3. The van der Waals surface area contributed by atoms with Crippen molar-refractivity contribution < 1.29 is 23.9 Å². The Bertz CT molecular complexity index is 1340. The number of benzene rings is 1. The number of carbonyl (C=O) groups excluding carboxylic acids is 4. The fourth-order valence-corrected chi connectivity index (χ4v) is 6.99.